The molecular formula is C22H24N4OS. The van der Waals surface area contributed by atoms with Gasteiger partial charge in [-0.1, -0.05) is 23.9 Å². The summed E-state index contributed by atoms with van der Waals surface area (Å²) in [5.41, 5.74) is 3.97. The summed E-state index contributed by atoms with van der Waals surface area (Å²) >= 11 is 1.59. The molecule has 2 aromatic heterocycles. The van der Waals surface area contributed by atoms with Crippen molar-refractivity contribution in [2.75, 3.05) is 12.8 Å². The summed E-state index contributed by atoms with van der Waals surface area (Å²) in [5, 5.41) is 0.905. The fourth-order valence-corrected chi connectivity index (χ4v) is 4.51. The molecule has 1 aromatic carbocycles. The van der Waals surface area contributed by atoms with E-state index in [2.05, 4.69) is 16.0 Å². The number of hydrogen-bond donors (Lipinski definition) is 0. The maximum atomic E-state index is 13.4. The van der Waals surface area contributed by atoms with Crippen LogP contribution in [0.25, 0.3) is 5.69 Å². The van der Waals surface area contributed by atoms with Gasteiger partial charge in [-0.05, 0) is 62.3 Å². The molecule has 1 unspecified atom stereocenters. The highest BCUT2D eigenvalue weighted by atomic mass is 32.2. The van der Waals surface area contributed by atoms with Crippen LogP contribution in [0.5, 0.6) is 0 Å². The smallest absolute Gasteiger partial charge is 0.254 e. The molecular weight excluding hydrogens is 368 g/mol. The van der Waals surface area contributed by atoms with Gasteiger partial charge in [0.25, 0.3) is 5.91 Å². The van der Waals surface area contributed by atoms with Crippen LogP contribution in [-0.4, -0.2) is 38.1 Å². The van der Waals surface area contributed by atoms with Crippen LogP contribution < -0.4 is 0 Å². The number of pyridine rings is 1. The molecule has 28 heavy (non-hydrogen) atoms. The average Bonchev–Trinajstić information content (AvgIpc) is 3.23. The third-order valence-corrected chi connectivity index (χ3v) is 5.97. The van der Waals surface area contributed by atoms with E-state index in [9.17, 15) is 4.79 Å². The van der Waals surface area contributed by atoms with Gasteiger partial charge in [0.15, 0.2) is 5.16 Å². The number of aryl methyl sites for hydroxylation is 1. The number of imidazole rings is 1. The Kier molecular flexibility index (Phi) is 5.48. The molecule has 1 aliphatic rings. The Balaban J connectivity index is 1.66. The van der Waals surface area contributed by atoms with Crippen LogP contribution in [0, 0.1) is 0 Å². The average molecular weight is 393 g/mol. The Morgan fingerprint density at radius 2 is 2.14 bits per heavy atom. The molecule has 2 heterocycles. The Hall–Kier alpha value is -2.60. The Labute approximate surface area is 169 Å². The minimum atomic E-state index is 0.0427. The molecule has 144 valence electrons. The van der Waals surface area contributed by atoms with E-state index in [1.165, 1.54) is 5.56 Å². The summed E-state index contributed by atoms with van der Waals surface area (Å²) in [5.74, 6) is 0.0543. The van der Waals surface area contributed by atoms with E-state index in [0.717, 1.165) is 35.8 Å². The molecule has 5 nitrogen and oxygen atoms in total. The standard InChI is InChI=1S/C22H24N4OS/c1-3-25(19-11-5-7-16-9-6-12-23-20(16)19)21(27)17-8-4-10-18(15-17)26-14-13-24-22(26)28-2/h4,6,8-10,12-15,19H,3,5,7,11H2,1-2H3. The molecule has 0 aliphatic heterocycles. The third-order valence-electron chi connectivity index (χ3n) is 5.30. The Morgan fingerprint density at radius 3 is 2.96 bits per heavy atom. The lowest BCUT2D eigenvalue weighted by molar-refractivity contribution is 0.0665. The maximum absolute atomic E-state index is 13.4. The number of benzene rings is 1. The maximum Gasteiger partial charge on any atom is 0.254 e. The number of carbonyl (C=O) groups is 1. The van der Waals surface area contributed by atoms with Crippen LogP contribution in [-0.2, 0) is 6.42 Å². The van der Waals surface area contributed by atoms with Gasteiger partial charge < -0.3 is 4.90 Å². The van der Waals surface area contributed by atoms with Crippen molar-refractivity contribution in [3.8, 4) is 5.69 Å². The number of aromatic nitrogens is 3. The van der Waals surface area contributed by atoms with E-state index < -0.39 is 0 Å². The number of amides is 1. The highest BCUT2D eigenvalue weighted by Crippen LogP contribution is 2.33. The number of thioether (sulfide) groups is 1. The lowest BCUT2D eigenvalue weighted by Gasteiger charge is -2.34. The van der Waals surface area contributed by atoms with E-state index in [-0.39, 0.29) is 11.9 Å². The fourth-order valence-electron chi connectivity index (χ4n) is 3.99. The van der Waals surface area contributed by atoms with Crippen molar-refractivity contribution < 1.29 is 4.79 Å². The second-order valence-electron chi connectivity index (χ2n) is 6.88. The molecule has 0 N–H and O–H groups in total. The fraction of sp³-hybridized carbons (Fsp3) is 0.318. The molecule has 3 aromatic rings. The predicted octanol–water partition coefficient (Wildman–Crippen LogP) is 4.53. The minimum absolute atomic E-state index is 0.0427. The molecule has 0 saturated heterocycles. The zero-order valence-electron chi connectivity index (χ0n) is 16.2. The quantitative estimate of drug-likeness (QED) is 0.599. The Morgan fingerprint density at radius 1 is 1.25 bits per heavy atom. The summed E-state index contributed by atoms with van der Waals surface area (Å²) < 4.78 is 2.01. The van der Waals surface area contributed by atoms with Crippen LogP contribution in [0.3, 0.4) is 0 Å². The van der Waals surface area contributed by atoms with Crippen molar-refractivity contribution >= 4 is 17.7 Å². The molecule has 1 aliphatic carbocycles. The van der Waals surface area contributed by atoms with Gasteiger partial charge in [-0.2, -0.15) is 0 Å². The number of nitrogens with zero attached hydrogens (tertiary/aromatic N) is 4. The highest BCUT2D eigenvalue weighted by Gasteiger charge is 2.30. The van der Waals surface area contributed by atoms with Crippen molar-refractivity contribution in [3.63, 3.8) is 0 Å². The predicted molar refractivity (Wildman–Crippen MR) is 112 cm³/mol. The first-order chi connectivity index (χ1) is 13.7. The molecule has 0 fully saturated rings. The van der Waals surface area contributed by atoms with Crippen LogP contribution in [0.4, 0.5) is 0 Å². The second-order valence-corrected chi connectivity index (χ2v) is 7.65. The summed E-state index contributed by atoms with van der Waals surface area (Å²) in [6.45, 7) is 2.70. The lowest BCUT2D eigenvalue weighted by atomic mass is 9.90. The number of rotatable bonds is 5. The molecule has 0 spiro atoms. The molecule has 6 heteroatoms. The van der Waals surface area contributed by atoms with E-state index in [1.54, 1.807) is 18.0 Å². The van der Waals surface area contributed by atoms with Crippen LogP contribution in [0.2, 0.25) is 0 Å². The first-order valence-corrected chi connectivity index (χ1v) is 10.9. The van der Waals surface area contributed by atoms with E-state index in [4.69, 9.17) is 0 Å². The van der Waals surface area contributed by atoms with Gasteiger partial charge in [0.2, 0.25) is 0 Å². The summed E-state index contributed by atoms with van der Waals surface area (Å²) in [6, 6.07) is 12.0. The van der Waals surface area contributed by atoms with Crippen molar-refractivity contribution in [3.05, 3.63) is 71.8 Å². The molecule has 1 atom stereocenters. The van der Waals surface area contributed by atoms with Gasteiger partial charge in [0, 0.05) is 36.4 Å². The largest absolute Gasteiger partial charge is 0.330 e. The third kappa shape index (κ3) is 3.44. The zero-order valence-corrected chi connectivity index (χ0v) is 17.0. The Bertz CT molecular complexity index is 984. The van der Waals surface area contributed by atoms with Crippen molar-refractivity contribution in [1.82, 2.24) is 19.4 Å². The van der Waals surface area contributed by atoms with Crippen LogP contribution in [0.15, 0.2) is 60.1 Å². The van der Waals surface area contributed by atoms with Crippen LogP contribution in [0.1, 0.15) is 47.4 Å². The van der Waals surface area contributed by atoms with Gasteiger partial charge in [-0.25, -0.2) is 4.98 Å². The summed E-state index contributed by atoms with van der Waals surface area (Å²) in [4.78, 5) is 24.4. The first-order valence-electron chi connectivity index (χ1n) is 9.65. The summed E-state index contributed by atoms with van der Waals surface area (Å²) in [7, 11) is 0. The van der Waals surface area contributed by atoms with Crippen molar-refractivity contribution in [1.29, 1.82) is 0 Å². The monoisotopic (exact) mass is 392 g/mol. The number of hydrogen-bond acceptors (Lipinski definition) is 4. The molecule has 4 rings (SSSR count). The van der Waals surface area contributed by atoms with E-state index >= 15 is 0 Å². The van der Waals surface area contributed by atoms with Gasteiger partial charge >= 0.3 is 0 Å². The molecule has 1 amide bonds. The van der Waals surface area contributed by atoms with Gasteiger partial charge in [0.05, 0.1) is 11.7 Å². The van der Waals surface area contributed by atoms with Crippen LogP contribution >= 0.6 is 11.8 Å². The summed E-state index contributed by atoms with van der Waals surface area (Å²) in [6.07, 6.45) is 10.6. The van der Waals surface area contributed by atoms with Crippen molar-refractivity contribution in [2.24, 2.45) is 0 Å². The van der Waals surface area contributed by atoms with E-state index in [0.29, 0.717) is 12.1 Å². The lowest BCUT2D eigenvalue weighted by Crippen LogP contribution is -2.37. The normalized spacial score (nSPS) is 15.9. The zero-order chi connectivity index (χ0) is 19.5. The highest BCUT2D eigenvalue weighted by molar-refractivity contribution is 7.98. The minimum Gasteiger partial charge on any atom is -0.330 e. The second kappa shape index (κ2) is 8.19. The first kappa shape index (κ1) is 18.7. The van der Waals surface area contributed by atoms with E-state index in [1.807, 2.05) is 65.4 Å². The van der Waals surface area contributed by atoms with Gasteiger partial charge in [-0.3, -0.25) is 14.3 Å². The topological polar surface area (TPSA) is 51.0 Å². The van der Waals surface area contributed by atoms with Gasteiger partial charge in [-0.15, -0.1) is 0 Å². The number of fused-ring (bicyclic) bond motifs is 1. The SMILES string of the molecule is CCN(C(=O)c1cccc(-n2ccnc2SC)c1)C1CCCc2cccnc21. The van der Waals surface area contributed by atoms with Crippen molar-refractivity contribution in [2.45, 2.75) is 37.4 Å². The molecule has 0 radical (unpaired) electrons. The van der Waals surface area contributed by atoms with Gasteiger partial charge in [0.1, 0.15) is 0 Å². The molecule has 0 bridgehead atoms. The number of carbonyl (C=O) groups excluding carboxylic acids is 1. The molecule has 0 saturated carbocycles.